The molecule has 0 aromatic heterocycles. The smallest absolute Gasteiger partial charge is 0.337 e. The molecule has 0 fully saturated rings. The average molecular weight is 359 g/mol. The van der Waals surface area contributed by atoms with Gasteiger partial charge in [0.25, 0.3) is 0 Å². The molecule has 1 aromatic rings. The summed E-state index contributed by atoms with van der Waals surface area (Å²) in [6.07, 6.45) is 0. The summed E-state index contributed by atoms with van der Waals surface area (Å²) in [5, 5.41) is 3.31. The third kappa shape index (κ3) is 7.04. The lowest BCUT2D eigenvalue weighted by molar-refractivity contribution is 0.0600. The van der Waals surface area contributed by atoms with Gasteiger partial charge in [-0.2, -0.15) is 0 Å². The summed E-state index contributed by atoms with van der Waals surface area (Å²) in [5.74, 6) is -0.329. The normalized spacial score (nSPS) is 10.9. The molecule has 1 N–H and O–H groups in total. The second-order valence-electron chi connectivity index (χ2n) is 4.89. The first-order chi connectivity index (χ1) is 10.0. The fourth-order valence-corrected chi connectivity index (χ4v) is 2.17. The number of methoxy groups -OCH3 is 1. The molecule has 0 heterocycles. The number of carbonyl (C=O) groups is 1. The number of benzene rings is 1. The Morgan fingerprint density at radius 2 is 2.10 bits per heavy atom. The molecule has 0 spiro atoms. The number of esters is 1. The fraction of sp³-hybridized carbons (Fsp3) is 0.533. The van der Waals surface area contributed by atoms with Crippen LogP contribution in [-0.2, 0) is 16.0 Å². The first-order valence-electron chi connectivity index (χ1n) is 6.84. The van der Waals surface area contributed by atoms with Gasteiger partial charge < -0.3 is 19.7 Å². The van der Waals surface area contributed by atoms with Gasteiger partial charge in [-0.15, -0.1) is 0 Å². The van der Waals surface area contributed by atoms with E-state index in [1.54, 1.807) is 12.1 Å². The van der Waals surface area contributed by atoms with Crippen molar-refractivity contribution in [1.82, 2.24) is 10.2 Å². The first-order valence-corrected chi connectivity index (χ1v) is 7.64. The van der Waals surface area contributed by atoms with Crippen LogP contribution in [0, 0.1) is 0 Å². The van der Waals surface area contributed by atoms with Crippen molar-refractivity contribution in [3.05, 3.63) is 33.8 Å². The van der Waals surface area contributed by atoms with Crippen molar-refractivity contribution >= 4 is 21.9 Å². The summed E-state index contributed by atoms with van der Waals surface area (Å²) in [5.41, 5.74) is 1.64. The molecule has 118 valence electrons. The van der Waals surface area contributed by atoms with Crippen LogP contribution < -0.4 is 5.32 Å². The molecule has 0 aliphatic heterocycles. The number of likely N-dealkylation sites (N-methyl/N-ethyl adjacent to an activating group) is 1. The van der Waals surface area contributed by atoms with Crippen molar-refractivity contribution in [2.24, 2.45) is 0 Å². The molecule has 1 rings (SSSR count). The molecule has 0 aliphatic rings. The zero-order valence-corrected chi connectivity index (χ0v) is 14.4. The SMILES string of the molecule is COC(=O)c1ccc(CNCCOCCN(C)C)c(Br)c1. The molecule has 0 atom stereocenters. The minimum absolute atomic E-state index is 0.329. The number of carbonyl (C=O) groups excluding carboxylic acids is 1. The molecular weight excluding hydrogens is 336 g/mol. The Morgan fingerprint density at radius 3 is 2.71 bits per heavy atom. The van der Waals surface area contributed by atoms with E-state index in [9.17, 15) is 4.79 Å². The summed E-state index contributed by atoms with van der Waals surface area (Å²) in [6.45, 7) is 3.87. The van der Waals surface area contributed by atoms with Gasteiger partial charge in [-0.3, -0.25) is 0 Å². The highest BCUT2D eigenvalue weighted by atomic mass is 79.9. The molecular formula is C15H23BrN2O3. The molecule has 0 radical (unpaired) electrons. The minimum Gasteiger partial charge on any atom is -0.465 e. The number of hydrogen-bond acceptors (Lipinski definition) is 5. The standard InChI is InChI=1S/C15H23BrN2O3/c1-18(2)7-9-21-8-6-17-11-13-5-4-12(10-14(13)16)15(19)20-3/h4-5,10,17H,6-9,11H2,1-3H3. The summed E-state index contributed by atoms with van der Waals surface area (Å²) < 4.78 is 11.1. The van der Waals surface area contributed by atoms with E-state index in [-0.39, 0.29) is 5.97 Å². The Kier molecular flexibility index (Phi) is 8.52. The summed E-state index contributed by atoms with van der Waals surface area (Å²) in [4.78, 5) is 13.5. The highest BCUT2D eigenvalue weighted by molar-refractivity contribution is 9.10. The van der Waals surface area contributed by atoms with Crippen LogP contribution in [0.3, 0.4) is 0 Å². The van der Waals surface area contributed by atoms with Crippen LogP contribution in [0.4, 0.5) is 0 Å². The quantitative estimate of drug-likeness (QED) is 0.539. The van der Waals surface area contributed by atoms with Gasteiger partial charge >= 0.3 is 5.97 Å². The molecule has 0 saturated carbocycles. The molecule has 6 heteroatoms. The number of ether oxygens (including phenoxy) is 2. The molecule has 5 nitrogen and oxygen atoms in total. The van der Waals surface area contributed by atoms with Crippen molar-refractivity contribution < 1.29 is 14.3 Å². The second kappa shape index (κ2) is 9.89. The van der Waals surface area contributed by atoms with E-state index in [2.05, 4.69) is 30.9 Å². The fourth-order valence-electron chi connectivity index (χ4n) is 1.65. The molecule has 0 saturated heterocycles. The first kappa shape index (κ1) is 18.1. The van der Waals surface area contributed by atoms with Crippen molar-refractivity contribution in [3.63, 3.8) is 0 Å². The molecule has 21 heavy (non-hydrogen) atoms. The highest BCUT2D eigenvalue weighted by Crippen LogP contribution is 2.19. The van der Waals surface area contributed by atoms with Crippen molar-refractivity contribution in [1.29, 1.82) is 0 Å². The van der Waals surface area contributed by atoms with Gasteiger partial charge in [0.15, 0.2) is 0 Å². The third-order valence-corrected chi connectivity index (χ3v) is 3.63. The zero-order chi connectivity index (χ0) is 15.7. The van der Waals surface area contributed by atoms with Gasteiger partial charge in [-0.05, 0) is 31.8 Å². The Morgan fingerprint density at radius 1 is 1.33 bits per heavy atom. The van der Waals surface area contributed by atoms with Crippen molar-refractivity contribution in [2.75, 3.05) is 47.5 Å². The van der Waals surface area contributed by atoms with Crippen molar-refractivity contribution in [3.8, 4) is 0 Å². The van der Waals surface area contributed by atoms with Gasteiger partial charge in [0, 0.05) is 24.1 Å². The summed E-state index contributed by atoms with van der Waals surface area (Å²) in [7, 11) is 5.43. The maximum Gasteiger partial charge on any atom is 0.337 e. The Bertz CT molecular complexity index is 453. The van der Waals surface area contributed by atoms with Crippen LogP contribution in [-0.4, -0.2) is 58.4 Å². The Labute approximate surface area is 134 Å². The second-order valence-corrected chi connectivity index (χ2v) is 5.74. The van der Waals surface area contributed by atoms with Gasteiger partial charge in [-0.1, -0.05) is 22.0 Å². The molecule has 0 amide bonds. The van der Waals surface area contributed by atoms with Gasteiger partial charge in [-0.25, -0.2) is 4.79 Å². The van der Waals surface area contributed by atoms with Gasteiger partial charge in [0.05, 0.1) is 25.9 Å². The monoisotopic (exact) mass is 358 g/mol. The highest BCUT2D eigenvalue weighted by Gasteiger charge is 2.08. The summed E-state index contributed by atoms with van der Waals surface area (Å²) in [6, 6.07) is 5.45. The van der Waals surface area contributed by atoms with E-state index in [1.807, 2.05) is 20.2 Å². The van der Waals surface area contributed by atoms with Crippen LogP contribution >= 0.6 is 15.9 Å². The van der Waals surface area contributed by atoms with Gasteiger partial charge in [0.2, 0.25) is 0 Å². The van der Waals surface area contributed by atoms with Crippen LogP contribution in [0.5, 0.6) is 0 Å². The van der Waals surface area contributed by atoms with E-state index >= 15 is 0 Å². The van der Waals surface area contributed by atoms with Gasteiger partial charge in [0.1, 0.15) is 0 Å². The lowest BCUT2D eigenvalue weighted by Crippen LogP contribution is -2.23. The molecule has 0 aliphatic carbocycles. The number of nitrogens with zero attached hydrogens (tertiary/aromatic N) is 1. The lowest BCUT2D eigenvalue weighted by Gasteiger charge is -2.11. The van der Waals surface area contributed by atoms with E-state index < -0.39 is 0 Å². The van der Waals surface area contributed by atoms with Crippen LogP contribution in [0.15, 0.2) is 22.7 Å². The minimum atomic E-state index is -0.329. The Hall–Kier alpha value is -0.950. The molecule has 0 bridgehead atoms. The number of rotatable bonds is 9. The van der Waals surface area contributed by atoms with Crippen LogP contribution in [0.2, 0.25) is 0 Å². The largest absolute Gasteiger partial charge is 0.465 e. The third-order valence-electron chi connectivity index (χ3n) is 2.90. The molecule has 0 unspecified atom stereocenters. The topological polar surface area (TPSA) is 50.8 Å². The predicted molar refractivity (Wildman–Crippen MR) is 86.6 cm³/mol. The average Bonchev–Trinajstić information content (AvgIpc) is 2.46. The zero-order valence-electron chi connectivity index (χ0n) is 12.8. The van der Waals surface area contributed by atoms with Crippen LogP contribution in [0.25, 0.3) is 0 Å². The summed E-state index contributed by atoms with van der Waals surface area (Å²) >= 11 is 3.47. The lowest BCUT2D eigenvalue weighted by atomic mass is 10.1. The Balaban J connectivity index is 2.28. The van der Waals surface area contributed by atoms with Crippen LogP contribution in [0.1, 0.15) is 15.9 Å². The van der Waals surface area contributed by atoms with E-state index in [0.717, 1.165) is 36.3 Å². The maximum absolute atomic E-state index is 11.4. The van der Waals surface area contributed by atoms with E-state index in [4.69, 9.17) is 4.74 Å². The number of hydrogen-bond donors (Lipinski definition) is 1. The van der Waals surface area contributed by atoms with E-state index in [0.29, 0.717) is 12.2 Å². The molecule has 1 aromatic carbocycles. The number of nitrogens with one attached hydrogen (secondary N) is 1. The van der Waals surface area contributed by atoms with E-state index in [1.165, 1.54) is 7.11 Å². The number of halogens is 1. The maximum atomic E-state index is 11.4. The predicted octanol–water partition coefficient (Wildman–Crippen LogP) is 1.90. The van der Waals surface area contributed by atoms with Crippen molar-refractivity contribution in [2.45, 2.75) is 6.54 Å².